The molecule has 0 saturated carbocycles. The van der Waals surface area contributed by atoms with Gasteiger partial charge in [0.15, 0.2) is 0 Å². The van der Waals surface area contributed by atoms with Gasteiger partial charge in [-0.25, -0.2) is 0 Å². The van der Waals surface area contributed by atoms with Crippen molar-refractivity contribution < 1.29 is 14.3 Å². The van der Waals surface area contributed by atoms with Crippen LogP contribution in [0.5, 0.6) is 0 Å². The fraction of sp³-hybridized carbons (Fsp3) is 0.286. The number of aliphatic hydroxyl groups excluding tert-OH is 1. The molecular weight excluding hydrogens is 230 g/mol. The zero-order valence-corrected chi connectivity index (χ0v) is 9.95. The van der Waals surface area contributed by atoms with Crippen molar-refractivity contribution in [1.82, 2.24) is 4.98 Å². The molecule has 4 nitrogen and oxygen atoms in total. The first-order chi connectivity index (χ1) is 8.81. The number of Topliss-reactive ketones (excluding diaryl/α,β-unsaturated/α-hetero) is 1. The van der Waals surface area contributed by atoms with Crippen molar-refractivity contribution in [2.24, 2.45) is 0 Å². The molecular formula is C14H15NO3. The van der Waals surface area contributed by atoms with Gasteiger partial charge in [0.05, 0.1) is 18.8 Å². The van der Waals surface area contributed by atoms with Crippen molar-refractivity contribution in [1.29, 1.82) is 0 Å². The number of aryl methyl sites for hydroxylation is 1. The number of aromatic nitrogens is 1. The average Bonchev–Trinajstić information content (AvgIpc) is 2.92. The molecule has 0 aliphatic carbocycles. The van der Waals surface area contributed by atoms with E-state index in [2.05, 4.69) is 4.98 Å². The molecule has 0 aromatic carbocycles. The zero-order chi connectivity index (χ0) is 12.8. The van der Waals surface area contributed by atoms with Crippen LogP contribution in [0, 0.1) is 0 Å². The lowest BCUT2D eigenvalue weighted by Crippen LogP contribution is -2.16. The van der Waals surface area contributed by atoms with Gasteiger partial charge < -0.3 is 9.52 Å². The topological polar surface area (TPSA) is 63.3 Å². The number of carbonyl (C=O) groups is 1. The normalized spacial score (nSPS) is 12.3. The highest BCUT2D eigenvalue weighted by Gasteiger charge is 2.21. The average molecular weight is 245 g/mol. The molecule has 0 fully saturated rings. The summed E-state index contributed by atoms with van der Waals surface area (Å²) in [7, 11) is 0. The highest BCUT2D eigenvalue weighted by atomic mass is 16.3. The largest absolute Gasteiger partial charge is 0.469 e. The van der Waals surface area contributed by atoms with Crippen LogP contribution < -0.4 is 0 Å². The second-order valence-corrected chi connectivity index (χ2v) is 4.08. The SMILES string of the molecule is O=C(CCc1cccnc1)[C@H](CO)c1ccco1. The quantitative estimate of drug-likeness (QED) is 0.844. The molecule has 0 amide bonds. The molecule has 94 valence electrons. The molecule has 0 radical (unpaired) electrons. The molecule has 0 aliphatic rings. The molecule has 1 atom stereocenters. The molecule has 18 heavy (non-hydrogen) atoms. The van der Waals surface area contributed by atoms with Gasteiger partial charge in [0.25, 0.3) is 0 Å². The third-order valence-electron chi connectivity index (χ3n) is 2.84. The van der Waals surface area contributed by atoms with Gasteiger partial charge in [-0.3, -0.25) is 9.78 Å². The Morgan fingerprint density at radius 1 is 1.39 bits per heavy atom. The molecule has 2 aromatic rings. The minimum Gasteiger partial charge on any atom is -0.469 e. The summed E-state index contributed by atoms with van der Waals surface area (Å²) in [5.41, 5.74) is 1.02. The van der Waals surface area contributed by atoms with Gasteiger partial charge in [-0.2, -0.15) is 0 Å². The molecule has 2 rings (SSSR count). The van der Waals surface area contributed by atoms with Gasteiger partial charge in [0.1, 0.15) is 11.5 Å². The van der Waals surface area contributed by atoms with E-state index in [4.69, 9.17) is 4.42 Å². The third kappa shape index (κ3) is 3.05. The lowest BCUT2D eigenvalue weighted by molar-refractivity contribution is -0.121. The van der Waals surface area contributed by atoms with Crippen LogP contribution in [0.4, 0.5) is 0 Å². The summed E-state index contributed by atoms with van der Waals surface area (Å²) in [5.74, 6) is -0.0540. The number of ketones is 1. The van der Waals surface area contributed by atoms with Crippen molar-refractivity contribution in [3.05, 3.63) is 54.2 Å². The molecule has 0 aliphatic heterocycles. The maximum atomic E-state index is 12.0. The minimum atomic E-state index is -0.559. The van der Waals surface area contributed by atoms with E-state index in [-0.39, 0.29) is 12.4 Å². The minimum absolute atomic E-state index is 0.0173. The van der Waals surface area contributed by atoms with Gasteiger partial charge >= 0.3 is 0 Å². The number of hydrogen-bond donors (Lipinski definition) is 1. The number of hydrogen-bond acceptors (Lipinski definition) is 4. The predicted octanol–water partition coefficient (Wildman–Crippen LogP) is 1.95. The van der Waals surface area contributed by atoms with Gasteiger partial charge in [0, 0.05) is 18.8 Å². The Morgan fingerprint density at radius 3 is 2.89 bits per heavy atom. The summed E-state index contributed by atoms with van der Waals surface area (Å²) in [5, 5.41) is 9.27. The Labute approximate surface area is 105 Å². The molecule has 2 heterocycles. The maximum absolute atomic E-state index is 12.0. The summed E-state index contributed by atoms with van der Waals surface area (Å²) in [6.07, 6.45) is 5.95. The Balaban J connectivity index is 1.95. The van der Waals surface area contributed by atoms with E-state index in [1.807, 2.05) is 12.1 Å². The van der Waals surface area contributed by atoms with Crippen LogP contribution in [0.1, 0.15) is 23.7 Å². The van der Waals surface area contributed by atoms with Crippen LogP contribution in [0.25, 0.3) is 0 Å². The zero-order valence-electron chi connectivity index (χ0n) is 9.95. The summed E-state index contributed by atoms with van der Waals surface area (Å²) in [4.78, 5) is 16.0. The number of pyridine rings is 1. The number of carbonyl (C=O) groups excluding carboxylic acids is 1. The van der Waals surface area contributed by atoms with Crippen LogP contribution in [0.15, 0.2) is 47.3 Å². The molecule has 0 saturated heterocycles. The van der Waals surface area contributed by atoms with Crippen LogP contribution in [0.3, 0.4) is 0 Å². The Kier molecular flexibility index (Phi) is 4.25. The smallest absolute Gasteiger partial charge is 0.146 e. The number of nitrogens with zero attached hydrogens (tertiary/aromatic N) is 1. The molecule has 0 bridgehead atoms. The van der Waals surface area contributed by atoms with E-state index in [1.165, 1.54) is 6.26 Å². The van der Waals surface area contributed by atoms with Gasteiger partial charge in [0.2, 0.25) is 0 Å². The summed E-state index contributed by atoms with van der Waals surface area (Å²) in [6.45, 7) is -0.223. The predicted molar refractivity (Wildman–Crippen MR) is 66.1 cm³/mol. The van der Waals surface area contributed by atoms with E-state index >= 15 is 0 Å². The second-order valence-electron chi connectivity index (χ2n) is 4.08. The number of aliphatic hydroxyl groups is 1. The highest BCUT2D eigenvalue weighted by Crippen LogP contribution is 2.19. The molecule has 2 aromatic heterocycles. The van der Waals surface area contributed by atoms with Gasteiger partial charge in [-0.1, -0.05) is 6.07 Å². The highest BCUT2D eigenvalue weighted by molar-refractivity contribution is 5.85. The Morgan fingerprint density at radius 2 is 2.28 bits per heavy atom. The molecule has 0 spiro atoms. The van der Waals surface area contributed by atoms with E-state index in [0.29, 0.717) is 18.6 Å². The Bertz CT molecular complexity index is 479. The summed E-state index contributed by atoms with van der Waals surface area (Å²) in [6, 6.07) is 7.20. The first-order valence-electron chi connectivity index (χ1n) is 5.87. The van der Waals surface area contributed by atoms with E-state index in [0.717, 1.165) is 5.56 Å². The Hall–Kier alpha value is -1.94. The van der Waals surface area contributed by atoms with Crippen LogP contribution in [-0.4, -0.2) is 22.5 Å². The number of rotatable bonds is 6. The summed E-state index contributed by atoms with van der Waals surface area (Å²) >= 11 is 0. The van der Waals surface area contributed by atoms with Crippen LogP contribution >= 0.6 is 0 Å². The fourth-order valence-electron chi connectivity index (χ4n) is 1.83. The molecule has 0 unspecified atom stereocenters. The van der Waals surface area contributed by atoms with Crippen molar-refractivity contribution >= 4 is 5.78 Å². The van der Waals surface area contributed by atoms with E-state index < -0.39 is 5.92 Å². The van der Waals surface area contributed by atoms with Crippen molar-refractivity contribution in [2.45, 2.75) is 18.8 Å². The first kappa shape index (κ1) is 12.5. The van der Waals surface area contributed by atoms with Gasteiger partial charge in [-0.05, 0) is 30.2 Å². The van der Waals surface area contributed by atoms with Crippen molar-refractivity contribution in [3.8, 4) is 0 Å². The summed E-state index contributed by atoms with van der Waals surface area (Å²) < 4.78 is 5.17. The van der Waals surface area contributed by atoms with Gasteiger partial charge in [-0.15, -0.1) is 0 Å². The van der Waals surface area contributed by atoms with Crippen molar-refractivity contribution in [2.75, 3.05) is 6.61 Å². The first-order valence-corrected chi connectivity index (χ1v) is 5.87. The lowest BCUT2D eigenvalue weighted by Gasteiger charge is -2.10. The second kappa shape index (κ2) is 6.12. The standard InChI is InChI=1S/C14H15NO3/c16-10-12(14-4-2-8-18-14)13(17)6-5-11-3-1-7-15-9-11/h1-4,7-9,12,16H,5-6,10H2/t12-/m0/s1. The van der Waals surface area contributed by atoms with Crippen LogP contribution in [-0.2, 0) is 11.2 Å². The van der Waals surface area contributed by atoms with E-state index in [9.17, 15) is 9.90 Å². The van der Waals surface area contributed by atoms with Crippen molar-refractivity contribution in [3.63, 3.8) is 0 Å². The third-order valence-corrected chi connectivity index (χ3v) is 2.84. The molecule has 4 heteroatoms. The monoisotopic (exact) mass is 245 g/mol. The molecule has 1 N–H and O–H groups in total. The lowest BCUT2D eigenvalue weighted by atomic mass is 9.97. The van der Waals surface area contributed by atoms with E-state index in [1.54, 1.807) is 24.5 Å². The number of furan rings is 1. The maximum Gasteiger partial charge on any atom is 0.146 e. The van der Waals surface area contributed by atoms with Crippen LogP contribution in [0.2, 0.25) is 0 Å². The fourth-order valence-corrected chi connectivity index (χ4v) is 1.83.